The Balaban J connectivity index is 1.62. The fourth-order valence-corrected chi connectivity index (χ4v) is 3.60. The molecule has 0 amide bonds. The molecule has 0 saturated carbocycles. The molecule has 4 N–H and O–H groups in total. The predicted octanol–water partition coefficient (Wildman–Crippen LogP) is 3.89. The van der Waals surface area contributed by atoms with E-state index >= 15 is 0 Å². The number of fused-ring (bicyclic) bond motifs is 3. The number of aromatic hydroxyl groups is 2. The first-order valence-corrected chi connectivity index (χ1v) is 8.93. The molecule has 2 aromatic heterocycles. The minimum absolute atomic E-state index is 0.0931. The van der Waals surface area contributed by atoms with Crippen LogP contribution in [0.4, 0.5) is 5.95 Å². The van der Waals surface area contributed by atoms with E-state index in [-0.39, 0.29) is 21.9 Å². The molecule has 0 bridgehead atoms. The standard InChI is InChI=1S/C16H10Br2N6O2/c17-9-5-7(13(25)11(18)14(9)26)6-19-23-16-21-15-12(22-24-16)8-3-1-2-4-10(8)20-15/h1-6,25-26H,(H2,20,21,23,24)/b19-6+. The molecule has 0 radical (unpaired) electrons. The average molecular weight is 478 g/mol. The number of hydrazone groups is 1. The number of para-hydroxylation sites is 1. The second-order valence-corrected chi connectivity index (χ2v) is 6.98. The molecule has 130 valence electrons. The highest BCUT2D eigenvalue weighted by Crippen LogP contribution is 2.40. The third-order valence-corrected chi connectivity index (χ3v) is 5.04. The molecule has 0 aliphatic heterocycles. The van der Waals surface area contributed by atoms with Gasteiger partial charge in [0.2, 0.25) is 0 Å². The van der Waals surface area contributed by atoms with E-state index in [2.05, 4.69) is 62.6 Å². The highest BCUT2D eigenvalue weighted by Gasteiger charge is 2.13. The fraction of sp³-hybridized carbons (Fsp3) is 0. The van der Waals surface area contributed by atoms with Gasteiger partial charge in [-0.2, -0.15) is 10.1 Å². The van der Waals surface area contributed by atoms with Crippen LogP contribution in [0.2, 0.25) is 0 Å². The number of aromatic amines is 1. The van der Waals surface area contributed by atoms with Crippen molar-refractivity contribution in [2.45, 2.75) is 0 Å². The van der Waals surface area contributed by atoms with Crippen molar-refractivity contribution in [2.24, 2.45) is 5.10 Å². The maximum absolute atomic E-state index is 10.0. The summed E-state index contributed by atoms with van der Waals surface area (Å²) in [6, 6.07) is 9.26. The van der Waals surface area contributed by atoms with Gasteiger partial charge in [0.05, 0.1) is 10.7 Å². The lowest BCUT2D eigenvalue weighted by Gasteiger charge is -2.06. The molecule has 0 saturated heterocycles. The quantitative estimate of drug-likeness (QED) is 0.262. The number of H-pyrrole nitrogens is 1. The van der Waals surface area contributed by atoms with Gasteiger partial charge in [0.1, 0.15) is 21.5 Å². The summed E-state index contributed by atoms with van der Waals surface area (Å²) >= 11 is 6.31. The smallest absolute Gasteiger partial charge is 0.265 e. The topological polar surface area (TPSA) is 119 Å². The number of aromatic nitrogens is 4. The van der Waals surface area contributed by atoms with Crippen LogP contribution in [0.25, 0.3) is 22.1 Å². The first-order valence-electron chi connectivity index (χ1n) is 7.34. The molecule has 0 aliphatic rings. The van der Waals surface area contributed by atoms with Crippen molar-refractivity contribution in [2.75, 3.05) is 5.43 Å². The van der Waals surface area contributed by atoms with Crippen molar-refractivity contribution in [3.8, 4) is 11.5 Å². The molecule has 8 nitrogen and oxygen atoms in total. The molecule has 4 rings (SSSR count). The van der Waals surface area contributed by atoms with Gasteiger partial charge in [-0.25, -0.2) is 5.43 Å². The van der Waals surface area contributed by atoms with Gasteiger partial charge in [-0.3, -0.25) is 0 Å². The number of nitrogens with zero attached hydrogens (tertiary/aromatic N) is 4. The van der Waals surface area contributed by atoms with E-state index in [0.29, 0.717) is 21.2 Å². The zero-order chi connectivity index (χ0) is 18.3. The summed E-state index contributed by atoms with van der Waals surface area (Å²) in [4.78, 5) is 7.51. The maximum Gasteiger partial charge on any atom is 0.265 e. The molecule has 2 aromatic carbocycles. The molecule has 0 spiro atoms. The van der Waals surface area contributed by atoms with E-state index in [1.54, 1.807) is 0 Å². The van der Waals surface area contributed by atoms with Crippen molar-refractivity contribution in [3.63, 3.8) is 0 Å². The minimum atomic E-state index is -0.138. The number of nitrogens with one attached hydrogen (secondary N) is 2. The number of phenolic OH excluding ortho intramolecular Hbond substituents is 2. The number of benzene rings is 2. The first-order chi connectivity index (χ1) is 12.5. The van der Waals surface area contributed by atoms with E-state index in [4.69, 9.17) is 0 Å². The van der Waals surface area contributed by atoms with Crippen molar-refractivity contribution in [3.05, 3.63) is 44.8 Å². The van der Waals surface area contributed by atoms with Gasteiger partial charge in [-0.15, -0.1) is 10.2 Å². The molecule has 10 heteroatoms. The Hall–Kier alpha value is -2.72. The predicted molar refractivity (Wildman–Crippen MR) is 106 cm³/mol. The Kier molecular flexibility index (Phi) is 4.21. The number of halogens is 2. The van der Waals surface area contributed by atoms with Gasteiger partial charge >= 0.3 is 0 Å². The molecule has 26 heavy (non-hydrogen) atoms. The van der Waals surface area contributed by atoms with Gasteiger partial charge in [0.25, 0.3) is 5.95 Å². The summed E-state index contributed by atoms with van der Waals surface area (Å²) in [6.45, 7) is 0. The lowest BCUT2D eigenvalue weighted by atomic mass is 10.2. The number of phenols is 2. The Morgan fingerprint density at radius 1 is 1.12 bits per heavy atom. The third-order valence-electron chi connectivity index (χ3n) is 3.69. The van der Waals surface area contributed by atoms with E-state index in [1.807, 2.05) is 24.3 Å². The van der Waals surface area contributed by atoms with Crippen LogP contribution in [0.1, 0.15) is 5.56 Å². The Bertz CT molecular complexity index is 1170. The fourth-order valence-electron chi connectivity index (χ4n) is 2.44. The maximum atomic E-state index is 10.0. The van der Waals surface area contributed by atoms with E-state index in [9.17, 15) is 10.2 Å². The minimum Gasteiger partial charge on any atom is -0.506 e. The summed E-state index contributed by atoms with van der Waals surface area (Å²) in [5.74, 6) is -0.0255. The van der Waals surface area contributed by atoms with Crippen LogP contribution in [0.15, 0.2) is 44.4 Å². The summed E-state index contributed by atoms with van der Waals surface area (Å²) in [5.41, 5.74) is 5.25. The van der Waals surface area contributed by atoms with Gasteiger partial charge in [-0.05, 0) is 44.0 Å². The average Bonchev–Trinajstić information content (AvgIpc) is 3.02. The molecule has 0 fully saturated rings. The lowest BCUT2D eigenvalue weighted by molar-refractivity contribution is 0.442. The van der Waals surface area contributed by atoms with Crippen LogP contribution < -0.4 is 5.43 Å². The Morgan fingerprint density at radius 3 is 2.77 bits per heavy atom. The summed E-state index contributed by atoms with van der Waals surface area (Å²) in [7, 11) is 0. The molecular weight excluding hydrogens is 468 g/mol. The van der Waals surface area contributed by atoms with Gasteiger partial charge < -0.3 is 15.2 Å². The second-order valence-electron chi connectivity index (χ2n) is 5.33. The monoisotopic (exact) mass is 476 g/mol. The molecule has 0 atom stereocenters. The molecule has 4 aromatic rings. The van der Waals surface area contributed by atoms with Crippen molar-refractivity contribution in [1.29, 1.82) is 0 Å². The van der Waals surface area contributed by atoms with Crippen molar-refractivity contribution >= 4 is 66.1 Å². The summed E-state index contributed by atoms with van der Waals surface area (Å²) in [5, 5.41) is 32.9. The number of rotatable bonds is 3. The molecule has 2 heterocycles. The van der Waals surface area contributed by atoms with Crippen LogP contribution in [-0.2, 0) is 0 Å². The van der Waals surface area contributed by atoms with E-state index in [0.717, 1.165) is 10.9 Å². The molecule has 0 unspecified atom stereocenters. The summed E-state index contributed by atoms with van der Waals surface area (Å²) < 4.78 is 0.590. The zero-order valence-corrected chi connectivity index (χ0v) is 16.1. The Morgan fingerprint density at radius 2 is 1.92 bits per heavy atom. The highest BCUT2D eigenvalue weighted by atomic mass is 79.9. The number of hydrogen-bond donors (Lipinski definition) is 4. The van der Waals surface area contributed by atoms with E-state index < -0.39 is 0 Å². The lowest BCUT2D eigenvalue weighted by Crippen LogP contribution is -1.99. The normalized spacial score (nSPS) is 11.6. The molecule has 0 aliphatic carbocycles. The largest absolute Gasteiger partial charge is 0.506 e. The zero-order valence-electron chi connectivity index (χ0n) is 12.9. The summed E-state index contributed by atoms with van der Waals surface area (Å²) in [6.07, 6.45) is 1.38. The SMILES string of the molecule is Oc1c(Br)cc(/C=N/Nc2nnc3c(n2)[nH]c2ccccc23)c(O)c1Br. The van der Waals surface area contributed by atoms with Crippen LogP contribution in [0.5, 0.6) is 11.5 Å². The Labute approximate surface area is 163 Å². The number of anilines is 1. The van der Waals surface area contributed by atoms with Crippen molar-refractivity contribution in [1.82, 2.24) is 20.2 Å². The highest BCUT2D eigenvalue weighted by molar-refractivity contribution is 9.11. The molecular formula is C16H10Br2N6O2. The van der Waals surface area contributed by atoms with E-state index in [1.165, 1.54) is 12.3 Å². The van der Waals surface area contributed by atoms with Crippen LogP contribution in [0.3, 0.4) is 0 Å². The van der Waals surface area contributed by atoms with Crippen LogP contribution in [0, 0.1) is 0 Å². The van der Waals surface area contributed by atoms with Gasteiger partial charge in [-0.1, -0.05) is 18.2 Å². The van der Waals surface area contributed by atoms with Gasteiger partial charge in [0.15, 0.2) is 5.65 Å². The third kappa shape index (κ3) is 2.86. The second kappa shape index (κ2) is 6.54. The van der Waals surface area contributed by atoms with Crippen LogP contribution >= 0.6 is 31.9 Å². The van der Waals surface area contributed by atoms with Crippen molar-refractivity contribution < 1.29 is 10.2 Å². The first kappa shape index (κ1) is 16.7. The van der Waals surface area contributed by atoms with Crippen LogP contribution in [-0.4, -0.2) is 36.6 Å². The number of hydrogen-bond acceptors (Lipinski definition) is 7. The van der Waals surface area contributed by atoms with Gasteiger partial charge in [0, 0.05) is 16.5 Å².